The van der Waals surface area contributed by atoms with Gasteiger partial charge in [0.1, 0.15) is 11.3 Å². The maximum atomic E-state index is 12.2. The maximum Gasteiger partial charge on any atom is 0.336 e. The molecule has 2 aromatic rings. The zero-order valence-electron chi connectivity index (χ0n) is 15.0. The van der Waals surface area contributed by atoms with E-state index in [1.807, 2.05) is 12.1 Å². The molecule has 0 atom stereocenters. The molecule has 2 heterocycles. The Balaban J connectivity index is 1.44. The molecule has 1 aliphatic carbocycles. The van der Waals surface area contributed by atoms with E-state index >= 15 is 0 Å². The van der Waals surface area contributed by atoms with Gasteiger partial charge in [-0.25, -0.2) is 4.79 Å². The van der Waals surface area contributed by atoms with Crippen molar-refractivity contribution in [1.82, 2.24) is 10.2 Å². The Kier molecular flexibility index (Phi) is 4.68. The number of nitrogens with zero attached hydrogens (tertiary/aromatic N) is 1. The van der Waals surface area contributed by atoms with Gasteiger partial charge in [-0.3, -0.25) is 9.69 Å². The number of rotatable bonds is 5. The van der Waals surface area contributed by atoms with Gasteiger partial charge < -0.3 is 14.5 Å². The van der Waals surface area contributed by atoms with Crippen molar-refractivity contribution in [2.24, 2.45) is 5.92 Å². The molecule has 2 aliphatic rings. The van der Waals surface area contributed by atoms with Crippen LogP contribution in [0.1, 0.15) is 31.2 Å². The normalized spacial score (nSPS) is 18.8. The van der Waals surface area contributed by atoms with Gasteiger partial charge in [0, 0.05) is 36.0 Å². The van der Waals surface area contributed by atoms with Crippen LogP contribution >= 0.6 is 0 Å². The number of carbonyl (C=O) groups excluding carboxylic acids is 1. The average molecular weight is 356 g/mol. The van der Waals surface area contributed by atoms with Gasteiger partial charge in [0.2, 0.25) is 5.91 Å². The van der Waals surface area contributed by atoms with Gasteiger partial charge in [0.05, 0.1) is 7.11 Å². The summed E-state index contributed by atoms with van der Waals surface area (Å²) in [5.41, 5.74) is 1.16. The minimum absolute atomic E-state index is 0.119. The molecule has 1 aromatic carbocycles. The minimum Gasteiger partial charge on any atom is -0.497 e. The number of benzene rings is 1. The summed E-state index contributed by atoms with van der Waals surface area (Å²) in [6, 6.07) is 7.55. The van der Waals surface area contributed by atoms with E-state index < -0.39 is 0 Å². The van der Waals surface area contributed by atoms with Gasteiger partial charge in [-0.05, 0) is 56.5 Å². The molecule has 0 unspecified atom stereocenters. The summed E-state index contributed by atoms with van der Waals surface area (Å²) in [6.07, 6.45) is 3.98. The molecule has 0 bridgehead atoms. The average Bonchev–Trinajstić information content (AvgIpc) is 3.45. The molecule has 1 N–H and O–H groups in total. The fraction of sp³-hybridized carbons (Fsp3) is 0.500. The van der Waals surface area contributed by atoms with Crippen LogP contribution in [0.2, 0.25) is 0 Å². The third-order valence-corrected chi connectivity index (χ3v) is 5.31. The molecule has 138 valence electrons. The molecular formula is C20H24N2O4. The lowest BCUT2D eigenvalue weighted by molar-refractivity contribution is -0.126. The van der Waals surface area contributed by atoms with E-state index in [0.717, 1.165) is 49.7 Å². The summed E-state index contributed by atoms with van der Waals surface area (Å²) in [4.78, 5) is 26.4. The first-order valence-corrected chi connectivity index (χ1v) is 9.26. The SMILES string of the molecule is COc1ccc2c(CN3CCC(C(=O)NC4CC4)CC3)cc(=O)oc2c1. The summed E-state index contributed by atoms with van der Waals surface area (Å²) in [5.74, 6) is 0.999. The lowest BCUT2D eigenvalue weighted by atomic mass is 9.95. The van der Waals surface area contributed by atoms with Crippen LogP contribution in [0.15, 0.2) is 33.5 Å². The minimum atomic E-state index is -0.348. The van der Waals surface area contributed by atoms with Crippen LogP contribution < -0.4 is 15.7 Å². The van der Waals surface area contributed by atoms with Gasteiger partial charge in [-0.2, -0.15) is 0 Å². The summed E-state index contributed by atoms with van der Waals surface area (Å²) < 4.78 is 10.5. The molecule has 1 saturated heterocycles. The fourth-order valence-electron chi connectivity index (χ4n) is 3.61. The quantitative estimate of drug-likeness (QED) is 0.833. The number of piperidine rings is 1. The first-order valence-electron chi connectivity index (χ1n) is 9.26. The predicted molar refractivity (Wildman–Crippen MR) is 98.2 cm³/mol. The van der Waals surface area contributed by atoms with Crippen LogP contribution in [0.25, 0.3) is 11.0 Å². The van der Waals surface area contributed by atoms with E-state index in [1.54, 1.807) is 19.2 Å². The Morgan fingerprint density at radius 3 is 2.69 bits per heavy atom. The van der Waals surface area contributed by atoms with Crippen molar-refractivity contribution in [3.63, 3.8) is 0 Å². The van der Waals surface area contributed by atoms with E-state index in [-0.39, 0.29) is 17.5 Å². The highest BCUT2D eigenvalue weighted by Gasteiger charge is 2.30. The predicted octanol–water partition coefficient (Wildman–Crippen LogP) is 2.29. The molecule has 26 heavy (non-hydrogen) atoms. The number of amides is 1. The number of ether oxygens (including phenoxy) is 1. The highest BCUT2D eigenvalue weighted by Crippen LogP contribution is 2.26. The largest absolute Gasteiger partial charge is 0.497 e. The molecule has 0 radical (unpaired) electrons. The molecule has 1 saturated carbocycles. The zero-order valence-corrected chi connectivity index (χ0v) is 15.0. The van der Waals surface area contributed by atoms with Crippen molar-refractivity contribution in [3.05, 3.63) is 40.2 Å². The van der Waals surface area contributed by atoms with Gasteiger partial charge in [-0.1, -0.05) is 0 Å². The molecule has 2 fully saturated rings. The lowest BCUT2D eigenvalue weighted by Gasteiger charge is -2.31. The summed E-state index contributed by atoms with van der Waals surface area (Å²) in [6.45, 7) is 2.41. The molecular weight excluding hydrogens is 332 g/mol. The zero-order chi connectivity index (χ0) is 18.1. The van der Waals surface area contributed by atoms with Crippen LogP contribution in [-0.4, -0.2) is 37.0 Å². The second kappa shape index (κ2) is 7.11. The summed E-state index contributed by atoms with van der Waals surface area (Å²) in [5, 5.41) is 4.04. The number of carbonyl (C=O) groups is 1. The third-order valence-electron chi connectivity index (χ3n) is 5.31. The van der Waals surface area contributed by atoms with Gasteiger partial charge in [0.15, 0.2) is 0 Å². The highest BCUT2D eigenvalue weighted by atomic mass is 16.5. The van der Waals surface area contributed by atoms with Crippen LogP contribution in [0, 0.1) is 5.92 Å². The molecule has 6 heteroatoms. The first-order chi connectivity index (χ1) is 12.6. The van der Waals surface area contributed by atoms with Crippen molar-refractivity contribution >= 4 is 16.9 Å². The van der Waals surface area contributed by atoms with Crippen molar-refractivity contribution in [1.29, 1.82) is 0 Å². The molecule has 1 amide bonds. The van der Waals surface area contributed by atoms with Crippen LogP contribution in [0.4, 0.5) is 0 Å². The standard InChI is InChI=1S/C20H24N2O4/c1-25-16-4-5-17-14(10-19(23)26-18(17)11-16)12-22-8-6-13(7-9-22)20(24)21-15-2-3-15/h4-5,10-11,13,15H,2-3,6-9,12H2,1H3,(H,21,24). The second-order valence-electron chi connectivity index (χ2n) is 7.29. The lowest BCUT2D eigenvalue weighted by Crippen LogP contribution is -2.40. The molecule has 1 aromatic heterocycles. The topological polar surface area (TPSA) is 71.8 Å². The monoisotopic (exact) mass is 356 g/mol. The van der Waals surface area contributed by atoms with E-state index in [0.29, 0.717) is 23.9 Å². The van der Waals surface area contributed by atoms with Crippen LogP contribution in [0.3, 0.4) is 0 Å². The summed E-state index contributed by atoms with van der Waals surface area (Å²) >= 11 is 0. The Bertz CT molecular complexity index is 864. The number of methoxy groups -OCH3 is 1. The van der Waals surface area contributed by atoms with Crippen molar-refractivity contribution < 1.29 is 13.9 Å². The molecule has 4 rings (SSSR count). The molecule has 1 aliphatic heterocycles. The Hall–Kier alpha value is -2.34. The van der Waals surface area contributed by atoms with Crippen molar-refractivity contribution in [2.45, 2.75) is 38.3 Å². The fourth-order valence-corrected chi connectivity index (χ4v) is 3.61. The van der Waals surface area contributed by atoms with Crippen LogP contribution in [0.5, 0.6) is 5.75 Å². The Morgan fingerprint density at radius 2 is 2.00 bits per heavy atom. The number of hydrogen-bond acceptors (Lipinski definition) is 5. The summed E-state index contributed by atoms with van der Waals surface area (Å²) in [7, 11) is 1.59. The van der Waals surface area contributed by atoms with Crippen molar-refractivity contribution in [2.75, 3.05) is 20.2 Å². The second-order valence-corrected chi connectivity index (χ2v) is 7.29. The van der Waals surface area contributed by atoms with E-state index in [4.69, 9.17) is 9.15 Å². The van der Waals surface area contributed by atoms with E-state index in [9.17, 15) is 9.59 Å². The molecule has 6 nitrogen and oxygen atoms in total. The first kappa shape index (κ1) is 17.1. The Labute approximate surface area is 152 Å². The van der Waals surface area contributed by atoms with Gasteiger partial charge in [0.25, 0.3) is 0 Å². The van der Waals surface area contributed by atoms with E-state index in [2.05, 4.69) is 10.2 Å². The van der Waals surface area contributed by atoms with E-state index in [1.165, 1.54) is 0 Å². The highest BCUT2D eigenvalue weighted by molar-refractivity contribution is 5.81. The maximum absolute atomic E-state index is 12.2. The number of fused-ring (bicyclic) bond motifs is 1. The van der Waals surface area contributed by atoms with Crippen molar-refractivity contribution in [3.8, 4) is 5.75 Å². The number of nitrogens with one attached hydrogen (secondary N) is 1. The van der Waals surface area contributed by atoms with Gasteiger partial charge >= 0.3 is 5.63 Å². The molecule has 0 spiro atoms. The smallest absolute Gasteiger partial charge is 0.336 e. The number of hydrogen-bond donors (Lipinski definition) is 1. The number of likely N-dealkylation sites (tertiary alicyclic amines) is 1. The van der Waals surface area contributed by atoms with Crippen LogP contribution in [-0.2, 0) is 11.3 Å². The Morgan fingerprint density at radius 1 is 1.23 bits per heavy atom. The third kappa shape index (κ3) is 3.75. The van der Waals surface area contributed by atoms with Gasteiger partial charge in [-0.15, -0.1) is 0 Å².